The summed E-state index contributed by atoms with van der Waals surface area (Å²) in [6, 6.07) is 1.29. The van der Waals surface area contributed by atoms with Crippen molar-refractivity contribution in [2.45, 2.75) is 64.7 Å². The van der Waals surface area contributed by atoms with E-state index in [2.05, 4.69) is 18.8 Å². The normalized spacial score (nSPS) is 20.5. The molecule has 0 saturated carbocycles. The second kappa shape index (κ2) is 8.82. The average molecular weight is 338 g/mol. The molecule has 0 aliphatic carbocycles. The van der Waals surface area contributed by atoms with Gasteiger partial charge < -0.3 is 9.47 Å². The number of hydrogen-bond acceptors (Lipinski definition) is 5. The summed E-state index contributed by atoms with van der Waals surface area (Å²) in [6.45, 7) is 4.32. The van der Waals surface area contributed by atoms with Gasteiger partial charge in [-0.05, 0) is 25.7 Å². The molecule has 0 aromatic carbocycles. The molecule has 0 radical (unpaired) electrons. The van der Waals surface area contributed by atoms with Crippen molar-refractivity contribution in [3.63, 3.8) is 0 Å². The maximum absolute atomic E-state index is 12.2. The largest absolute Gasteiger partial charge is 0.463 e. The zero-order valence-electron chi connectivity index (χ0n) is 14.3. The number of carbonyl (C=O) groups is 1. The van der Waals surface area contributed by atoms with E-state index in [4.69, 9.17) is 9.47 Å². The number of nitrogens with zero attached hydrogens (tertiary/aromatic N) is 1. The molecule has 2 rings (SSSR count). The van der Waals surface area contributed by atoms with Gasteiger partial charge in [-0.25, -0.2) is 4.79 Å². The summed E-state index contributed by atoms with van der Waals surface area (Å²) in [5.41, 5.74) is -0.922. The number of hydrogen-bond donors (Lipinski definition) is 1. The Bertz CT molecular complexity index is 645. The van der Waals surface area contributed by atoms with E-state index in [1.54, 1.807) is 0 Å². The third-order valence-corrected chi connectivity index (χ3v) is 4.27. The molecule has 1 N–H and O–H groups in total. The lowest BCUT2D eigenvalue weighted by molar-refractivity contribution is -0.153. The molecule has 1 aromatic rings. The van der Waals surface area contributed by atoms with Crippen LogP contribution in [0.25, 0.3) is 0 Å². The summed E-state index contributed by atoms with van der Waals surface area (Å²) in [5.74, 6) is -0.203. The van der Waals surface area contributed by atoms with Crippen LogP contribution in [0.15, 0.2) is 21.9 Å². The Kier molecular flexibility index (Phi) is 6.78. The molecular formula is C17H26N2O5. The molecule has 2 heterocycles. The van der Waals surface area contributed by atoms with Crippen LogP contribution in [0.4, 0.5) is 0 Å². The molecular weight excluding hydrogens is 312 g/mol. The summed E-state index contributed by atoms with van der Waals surface area (Å²) >= 11 is 0. The molecule has 1 aromatic heterocycles. The number of esters is 1. The third-order valence-electron chi connectivity index (χ3n) is 4.27. The molecule has 1 aliphatic rings. The van der Waals surface area contributed by atoms with E-state index in [0.717, 1.165) is 25.7 Å². The summed E-state index contributed by atoms with van der Waals surface area (Å²) in [5, 5.41) is 0. The van der Waals surface area contributed by atoms with Crippen molar-refractivity contribution in [3.05, 3.63) is 33.1 Å². The van der Waals surface area contributed by atoms with Gasteiger partial charge in [-0.2, -0.15) is 0 Å². The molecule has 0 amide bonds. The monoisotopic (exact) mass is 338 g/mol. The first kappa shape index (κ1) is 18.4. The summed E-state index contributed by atoms with van der Waals surface area (Å²) in [7, 11) is 0. The van der Waals surface area contributed by atoms with Crippen LogP contribution < -0.4 is 11.2 Å². The fraction of sp³-hybridized carbons (Fsp3) is 0.706. The topological polar surface area (TPSA) is 90.4 Å². The highest BCUT2D eigenvalue weighted by Gasteiger charge is 2.29. The molecule has 134 valence electrons. The predicted octanol–water partition coefficient (Wildman–Crippen LogP) is 1.97. The van der Waals surface area contributed by atoms with Gasteiger partial charge in [0, 0.05) is 12.3 Å². The zero-order valence-corrected chi connectivity index (χ0v) is 14.3. The summed E-state index contributed by atoms with van der Waals surface area (Å²) in [6.07, 6.45) is 5.71. The predicted molar refractivity (Wildman–Crippen MR) is 88.7 cm³/mol. The van der Waals surface area contributed by atoms with Crippen molar-refractivity contribution < 1.29 is 14.3 Å². The van der Waals surface area contributed by atoms with Crippen LogP contribution in [0, 0.1) is 5.92 Å². The Balaban J connectivity index is 1.86. The number of carbonyl (C=O) groups excluding carboxylic acids is 1. The highest BCUT2D eigenvalue weighted by atomic mass is 16.6. The van der Waals surface area contributed by atoms with Gasteiger partial charge in [-0.15, -0.1) is 0 Å². The van der Waals surface area contributed by atoms with Crippen LogP contribution >= 0.6 is 0 Å². The van der Waals surface area contributed by atoms with Crippen molar-refractivity contribution in [2.24, 2.45) is 5.92 Å². The lowest BCUT2D eigenvalue weighted by Gasteiger charge is -2.18. The van der Waals surface area contributed by atoms with Crippen LogP contribution in [-0.4, -0.2) is 28.2 Å². The Morgan fingerprint density at radius 3 is 2.67 bits per heavy atom. The molecule has 1 fully saturated rings. The van der Waals surface area contributed by atoms with Gasteiger partial charge in [0.1, 0.15) is 12.8 Å². The Labute approximate surface area is 141 Å². The first-order chi connectivity index (χ1) is 11.5. The molecule has 24 heavy (non-hydrogen) atoms. The number of rotatable bonds is 8. The number of H-pyrrole nitrogens is 1. The Morgan fingerprint density at radius 2 is 2.04 bits per heavy atom. The van der Waals surface area contributed by atoms with Gasteiger partial charge in [0.15, 0.2) is 0 Å². The van der Waals surface area contributed by atoms with Gasteiger partial charge in [0.25, 0.3) is 5.56 Å². The van der Waals surface area contributed by atoms with Crippen molar-refractivity contribution >= 4 is 5.97 Å². The van der Waals surface area contributed by atoms with Crippen molar-refractivity contribution in [1.29, 1.82) is 0 Å². The van der Waals surface area contributed by atoms with Crippen LogP contribution in [0.1, 0.15) is 58.6 Å². The van der Waals surface area contributed by atoms with Crippen molar-refractivity contribution in [2.75, 3.05) is 6.61 Å². The van der Waals surface area contributed by atoms with E-state index in [1.165, 1.54) is 16.8 Å². The van der Waals surface area contributed by atoms with Crippen molar-refractivity contribution in [1.82, 2.24) is 9.55 Å². The molecule has 1 aliphatic heterocycles. The number of ether oxygens (including phenoxy) is 2. The second-order valence-electron chi connectivity index (χ2n) is 6.21. The Hall–Kier alpha value is -1.89. The lowest BCUT2D eigenvalue weighted by atomic mass is 9.99. The van der Waals surface area contributed by atoms with Crippen molar-refractivity contribution in [3.8, 4) is 0 Å². The minimum absolute atomic E-state index is 0.0426. The van der Waals surface area contributed by atoms with Gasteiger partial charge in [0.2, 0.25) is 0 Å². The number of nitrogens with one attached hydrogen (secondary N) is 1. The minimum Gasteiger partial charge on any atom is -0.463 e. The highest BCUT2D eigenvalue weighted by Crippen LogP contribution is 2.27. The second-order valence-corrected chi connectivity index (χ2v) is 6.21. The lowest BCUT2D eigenvalue weighted by Crippen LogP contribution is -2.32. The molecule has 2 unspecified atom stereocenters. The highest BCUT2D eigenvalue weighted by molar-refractivity contribution is 5.72. The Morgan fingerprint density at radius 1 is 1.33 bits per heavy atom. The van der Waals surface area contributed by atoms with E-state index in [-0.39, 0.29) is 24.6 Å². The maximum Gasteiger partial charge on any atom is 0.330 e. The van der Waals surface area contributed by atoms with Crippen LogP contribution in [0.5, 0.6) is 0 Å². The van der Waals surface area contributed by atoms with E-state index in [9.17, 15) is 14.4 Å². The van der Waals surface area contributed by atoms with E-state index < -0.39 is 17.5 Å². The third kappa shape index (κ3) is 4.80. The molecule has 0 spiro atoms. The maximum atomic E-state index is 12.2. The summed E-state index contributed by atoms with van der Waals surface area (Å²) < 4.78 is 12.6. The van der Waals surface area contributed by atoms with Crippen LogP contribution in [0.3, 0.4) is 0 Å². The fourth-order valence-electron chi connectivity index (χ4n) is 3.04. The SMILES string of the molecule is CCCC(CCC)C(=O)OCC1CCC(n2ccc(=O)[nH]c2=O)O1. The average Bonchev–Trinajstić information content (AvgIpc) is 3.01. The quantitative estimate of drug-likeness (QED) is 0.732. The van der Waals surface area contributed by atoms with E-state index in [0.29, 0.717) is 12.8 Å². The number of aromatic nitrogens is 2. The molecule has 7 heteroatoms. The summed E-state index contributed by atoms with van der Waals surface area (Å²) in [4.78, 5) is 37.2. The minimum atomic E-state index is -0.490. The van der Waals surface area contributed by atoms with E-state index >= 15 is 0 Å². The molecule has 0 bridgehead atoms. The number of aromatic amines is 1. The molecule has 7 nitrogen and oxygen atoms in total. The smallest absolute Gasteiger partial charge is 0.330 e. The first-order valence-electron chi connectivity index (χ1n) is 8.68. The molecule has 2 atom stereocenters. The fourth-order valence-corrected chi connectivity index (χ4v) is 3.04. The van der Waals surface area contributed by atoms with Gasteiger partial charge >= 0.3 is 11.7 Å². The van der Waals surface area contributed by atoms with E-state index in [1.807, 2.05) is 0 Å². The van der Waals surface area contributed by atoms with Gasteiger partial charge in [-0.1, -0.05) is 26.7 Å². The van der Waals surface area contributed by atoms with Gasteiger partial charge in [0.05, 0.1) is 12.0 Å². The van der Waals surface area contributed by atoms with Gasteiger partial charge in [-0.3, -0.25) is 19.1 Å². The van der Waals surface area contributed by atoms with Crippen LogP contribution in [0.2, 0.25) is 0 Å². The molecule has 1 saturated heterocycles. The first-order valence-corrected chi connectivity index (χ1v) is 8.68. The van der Waals surface area contributed by atoms with Crippen LogP contribution in [-0.2, 0) is 14.3 Å². The zero-order chi connectivity index (χ0) is 17.5. The standard InChI is InChI=1S/C17H26N2O5/c1-3-5-12(6-4-2)16(21)23-11-13-7-8-15(24-13)19-10-9-14(20)18-17(19)22/h9-10,12-13,15H,3-8,11H2,1-2H3,(H,18,20,22).